The van der Waals surface area contributed by atoms with Crippen molar-refractivity contribution in [3.05, 3.63) is 74.3 Å². The SMILES string of the molecule is Cc1cc(C(=O)NCCSCc2ccc(Cl)cc2)ccc1[N+](=O)[O-]. The molecule has 0 fully saturated rings. The summed E-state index contributed by atoms with van der Waals surface area (Å²) < 4.78 is 0. The summed E-state index contributed by atoms with van der Waals surface area (Å²) in [6.07, 6.45) is 0. The molecule has 7 heteroatoms. The van der Waals surface area contributed by atoms with Gasteiger partial charge in [-0.15, -0.1) is 0 Å². The molecule has 1 N–H and O–H groups in total. The zero-order chi connectivity index (χ0) is 17.5. The lowest BCUT2D eigenvalue weighted by Gasteiger charge is -2.06. The van der Waals surface area contributed by atoms with Crippen molar-refractivity contribution in [2.24, 2.45) is 0 Å². The fourth-order valence-electron chi connectivity index (χ4n) is 2.11. The van der Waals surface area contributed by atoms with Crippen LogP contribution in [0.2, 0.25) is 5.02 Å². The summed E-state index contributed by atoms with van der Waals surface area (Å²) >= 11 is 7.55. The van der Waals surface area contributed by atoms with E-state index in [2.05, 4.69) is 5.32 Å². The van der Waals surface area contributed by atoms with Crippen molar-refractivity contribution in [2.45, 2.75) is 12.7 Å². The number of hydrogen-bond donors (Lipinski definition) is 1. The van der Waals surface area contributed by atoms with Gasteiger partial charge >= 0.3 is 0 Å². The fourth-order valence-corrected chi connectivity index (χ4v) is 3.06. The Morgan fingerprint density at radius 2 is 1.96 bits per heavy atom. The molecule has 24 heavy (non-hydrogen) atoms. The number of carbonyl (C=O) groups is 1. The Labute approximate surface area is 149 Å². The van der Waals surface area contributed by atoms with Gasteiger partial charge in [0.15, 0.2) is 0 Å². The summed E-state index contributed by atoms with van der Waals surface area (Å²) in [5.41, 5.74) is 2.11. The lowest BCUT2D eigenvalue weighted by molar-refractivity contribution is -0.385. The summed E-state index contributed by atoms with van der Waals surface area (Å²) in [6.45, 7) is 2.16. The predicted octanol–water partition coefficient (Wildman–Crippen LogP) is 4.22. The first kappa shape index (κ1) is 18.3. The summed E-state index contributed by atoms with van der Waals surface area (Å²) in [5.74, 6) is 1.41. The minimum atomic E-state index is -0.454. The molecule has 0 spiro atoms. The standard InChI is InChI=1S/C17H17ClN2O3S/c1-12-10-14(4-7-16(12)20(22)23)17(21)19-8-9-24-11-13-2-5-15(18)6-3-13/h2-7,10H,8-9,11H2,1H3,(H,19,21). The predicted molar refractivity (Wildman–Crippen MR) is 97.8 cm³/mol. The van der Waals surface area contributed by atoms with E-state index >= 15 is 0 Å². The minimum Gasteiger partial charge on any atom is -0.351 e. The van der Waals surface area contributed by atoms with E-state index in [1.165, 1.54) is 23.8 Å². The first-order valence-electron chi connectivity index (χ1n) is 7.33. The molecule has 0 aliphatic heterocycles. The van der Waals surface area contributed by atoms with Gasteiger partial charge in [0.1, 0.15) is 0 Å². The highest BCUT2D eigenvalue weighted by molar-refractivity contribution is 7.98. The highest BCUT2D eigenvalue weighted by atomic mass is 35.5. The van der Waals surface area contributed by atoms with E-state index in [9.17, 15) is 14.9 Å². The number of nitro groups is 1. The van der Waals surface area contributed by atoms with E-state index < -0.39 is 4.92 Å². The van der Waals surface area contributed by atoms with Gasteiger partial charge in [-0.05, 0) is 36.8 Å². The summed E-state index contributed by atoms with van der Waals surface area (Å²) in [6, 6.07) is 12.0. The van der Waals surface area contributed by atoms with Gasteiger partial charge in [0.05, 0.1) is 4.92 Å². The number of hydrogen-bond acceptors (Lipinski definition) is 4. The van der Waals surface area contributed by atoms with E-state index in [1.54, 1.807) is 18.7 Å². The molecule has 0 aliphatic rings. The quantitative estimate of drug-likeness (QED) is 0.453. The summed E-state index contributed by atoms with van der Waals surface area (Å²) in [5, 5.41) is 14.3. The summed E-state index contributed by atoms with van der Waals surface area (Å²) in [7, 11) is 0. The first-order chi connectivity index (χ1) is 11.5. The molecule has 126 valence electrons. The second-order valence-corrected chi connectivity index (χ2v) is 6.73. The zero-order valence-corrected chi connectivity index (χ0v) is 14.7. The smallest absolute Gasteiger partial charge is 0.272 e. The Balaban J connectivity index is 1.76. The van der Waals surface area contributed by atoms with Gasteiger partial charge in [-0.25, -0.2) is 0 Å². The summed E-state index contributed by atoms with van der Waals surface area (Å²) in [4.78, 5) is 22.4. The molecule has 0 radical (unpaired) electrons. The van der Waals surface area contributed by atoms with Crippen LogP contribution in [0.1, 0.15) is 21.5 Å². The Morgan fingerprint density at radius 1 is 1.25 bits per heavy atom. The van der Waals surface area contributed by atoms with Crippen molar-refractivity contribution in [1.29, 1.82) is 0 Å². The number of amides is 1. The first-order valence-corrected chi connectivity index (χ1v) is 8.86. The number of thioether (sulfide) groups is 1. The van der Waals surface area contributed by atoms with Gasteiger partial charge in [-0.2, -0.15) is 11.8 Å². The fraction of sp³-hybridized carbons (Fsp3) is 0.235. The van der Waals surface area contributed by atoms with Crippen LogP contribution in [0.3, 0.4) is 0 Å². The van der Waals surface area contributed by atoms with Crippen molar-refractivity contribution in [3.8, 4) is 0 Å². The van der Waals surface area contributed by atoms with Gasteiger partial charge < -0.3 is 5.32 Å². The molecular formula is C17H17ClN2O3S. The molecule has 0 bridgehead atoms. The van der Waals surface area contributed by atoms with Crippen molar-refractivity contribution < 1.29 is 9.72 Å². The van der Waals surface area contributed by atoms with E-state index in [1.807, 2.05) is 24.3 Å². The van der Waals surface area contributed by atoms with Crippen LogP contribution in [-0.2, 0) is 5.75 Å². The van der Waals surface area contributed by atoms with Gasteiger partial charge in [0.25, 0.3) is 11.6 Å². The Hall–Kier alpha value is -2.05. The topological polar surface area (TPSA) is 72.2 Å². The molecule has 0 heterocycles. The van der Waals surface area contributed by atoms with Crippen LogP contribution in [0, 0.1) is 17.0 Å². The molecule has 2 aromatic rings. The largest absolute Gasteiger partial charge is 0.351 e. The molecule has 0 aromatic heterocycles. The highest BCUT2D eigenvalue weighted by Crippen LogP contribution is 2.19. The molecule has 0 unspecified atom stereocenters. The van der Waals surface area contributed by atoms with Crippen LogP contribution >= 0.6 is 23.4 Å². The molecule has 1 amide bonds. The average molecular weight is 365 g/mol. The van der Waals surface area contributed by atoms with Crippen molar-refractivity contribution in [2.75, 3.05) is 12.3 Å². The number of nitrogens with zero attached hydrogens (tertiary/aromatic N) is 1. The van der Waals surface area contributed by atoms with E-state index in [-0.39, 0.29) is 11.6 Å². The minimum absolute atomic E-state index is 0.0186. The number of aryl methyl sites for hydroxylation is 1. The zero-order valence-electron chi connectivity index (χ0n) is 13.1. The third-order valence-corrected chi connectivity index (χ3v) is 4.65. The Morgan fingerprint density at radius 3 is 2.58 bits per heavy atom. The lowest BCUT2D eigenvalue weighted by atomic mass is 10.1. The molecular weight excluding hydrogens is 348 g/mol. The Kier molecular flexibility index (Phi) is 6.63. The van der Waals surface area contributed by atoms with E-state index in [0.717, 1.165) is 16.5 Å². The molecule has 0 atom stereocenters. The number of benzene rings is 2. The number of rotatable bonds is 7. The average Bonchev–Trinajstić information content (AvgIpc) is 2.55. The van der Waals surface area contributed by atoms with Gasteiger partial charge in [-0.1, -0.05) is 23.7 Å². The van der Waals surface area contributed by atoms with Crippen LogP contribution in [0.25, 0.3) is 0 Å². The molecule has 0 saturated carbocycles. The van der Waals surface area contributed by atoms with Crippen molar-refractivity contribution in [1.82, 2.24) is 5.32 Å². The van der Waals surface area contributed by atoms with Crippen molar-refractivity contribution >= 4 is 35.0 Å². The van der Waals surface area contributed by atoms with Crippen LogP contribution in [0.5, 0.6) is 0 Å². The maximum Gasteiger partial charge on any atom is 0.272 e. The van der Waals surface area contributed by atoms with Gasteiger partial charge in [-0.3, -0.25) is 14.9 Å². The second kappa shape index (κ2) is 8.70. The van der Waals surface area contributed by atoms with E-state index in [0.29, 0.717) is 17.7 Å². The highest BCUT2D eigenvalue weighted by Gasteiger charge is 2.13. The number of nitrogens with one attached hydrogen (secondary N) is 1. The number of halogens is 1. The molecule has 0 saturated heterocycles. The van der Waals surface area contributed by atoms with Crippen molar-refractivity contribution in [3.63, 3.8) is 0 Å². The van der Waals surface area contributed by atoms with Crippen LogP contribution < -0.4 is 5.32 Å². The second-order valence-electron chi connectivity index (χ2n) is 5.19. The van der Waals surface area contributed by atoms with E-state index in [4.69, 9.17) is 11.6 Å². The third-order valence-electron chi connectivity index (χ3n) is 3.37. The monoisotopic (exact) mass is 364 g/mol. The molecule has 5 nitrogen and oxygen atoms in total. The molecule has 0 aliphatic carbocycles. The lowest BCUT2D eigenvalue weighted by Crippen LogP contribution is -2.25. The normalized spacial score (nSPS) is 10.4. The maximum absolute atomic E-state index is 12.0. The molecule has 2 aromatic carbocycles. The van der Waals surface area contributed by atoms with Crippen LogP contribution in [-0.4, -0.2) is 23.1 Å². The van der Waals surface area contributed by atoms with Crippen LogP contribution in [0.4, 0.5) is 5.69 Å². The Bertz CT molecular complexity index is 735. The van der Waals surface area contributed by atoms with Gasteiger partial charge in [0.2, 0.25) is 0 Å². The third kappa shape index (κ3) is 5.25. The van der Waals surface area contributed by atoms with Gasteiger partial charge in [0, 0.05) is 40.3 Å². The van der Waals surface area contributed by atoms with Crippen LogP contribution in [0.15, 0.2) is 42.5 Å². The number of nitro benzene ring substituents is 1. The maximum atomic E-state index is 12.0. The molecule has 2 rings (SSSR count). The number of carbonyl (C=O) groups excluding carboxylic acids is 1.